The van der Waals surface area contributed by atoms with Crippen molar-refractivity contribution in [2.24, 2.45) is 0 Å². The molecule has 0 saturated heterocycles. The summed E-state index contributed by atoms with van der Waals surface area (Å²) in [5.41, 5.74) is 7.52. The Bertz CT molecular complexity index is 675. The lowest BCUT2D eigenvalue weighted by Crippen LogP contribution is -2.07. The van der Waals surface area contributed by atoms with Crippen molar-refractivity contribution in [3.63, 3.8) is 0 Å². The Morgan fingerprint density at radius 3 is 2.67 bits per heavy atom. The van der Waals surface area contributed by atoms with Crippen LogP contribution in [0.2, 0.25) is 0 Å². The summed E-state index contributed by atoms with van der Waals surface area (Å²) in [4.78, 5) is 24.1. The van der Waals surface area contributed by atoms with Crippen LogP contribution in [0.4, 0.5) is 23.1 Å². The largest absolute Gasteiger partial charge is 0.497 e. The molecule has 110 valence electrons. The summed E-state index contributed by atoms with van der Waals surface area (Å²) in [7, 11) is 2.83. The van der Waals surface area contributed by atoms with Crippen LogP contribution in [0.25, 0.3) is 0 Å². The predicted octanol–water partition coefficient (Wildman–Crippen LogP) is 2.09. The Kier molecular flexibility index (Phi) is 4.17. The number of hydrogen-bond donors (Lipinski definition) is 2. The number of benzene rings is 1. The first-order chi connectivity index (χ1) is 10.0. The molecule has 0 fully saturated rings. The van der Waals surface area contributed by atoms with E-state index in [-0.39, 0.29) is 22.4 Å². The molecule has 0 bridgehead atoms. The number of nitrogens with two attached hydrogens (primary N) is 1. The molecule has 0 spiro atoms. The highest BCUT2D eigenvalue weighted by molar-refractivity contribution is 5.60. The highest BCUT2D eigenvalue weighted by Gasteiger charge is 2.21. The molecule has 2 aromatic rings. The lowest BCUT2D eigenvalue weighted by atomic mass is 10.2. The monoisotopic (exact) mass is 290 g/mol. The molecule has 1 heterocycles. The Morgan fingerprint density at radius 1 is 1.29 bits per heavy atom. The zero-order valence-electron chi connectivity index (χ0n) is 12.0. The van der Waals surface area contributed by atoms with Gasteiger partial charge in [-0.3, -0.25) is 0 Å². The molecule has 0 amide bonds. The van der Waals surface area contributed by atoms with Crippen molar-refractivity contribution < 1.29 is 14.5 Å². The van der Waals surface area contributed by atoms with Crippen LogP contribution in [0.15, 0.2) is 24.4 Å². The number of nitrogen functional groups attached to an aromatic ring is 1. The lowest BCUT2D eigenvalue weighted by Gasteiger charge is -2.08. The molecule has 21 heavy (non-hydrogen) atoms. The summed E-state index contributed by atoms with van der Waals surface area (Å²) in [6, 6.07) is 5.61. The molecule has 1 aromatic heterocycles. The molecule has 2 rings (SSSR count). The van der Waals surface area contributed by atoms with Gasteiger partial charge in [-0.1, -0.05) is 0 Å². The average Bonchev–Trinajstić information content (AvgIpc) is 2.46. The van der Waals surface area contributed by atoms with E-state index < -0.39 is 0 Å². The Hall–Kier alpha value is -2.90. The van der Waals surface area contributed by atoms with Crippen LogP contribution in [-0.4, -0.2) is 29.1 Å². The zero-order chi connectivity index (χ0) is 15.4. The minimum Gasteiger partial charge on any atom is -0.497 e. The van der Waals surface area contributed by atoms with E-state index in [1.165, 1.54) is 13.3 Å². The number of rotatable bonds is 5. The van der Waals surface area contributed by atoms with Crippen molar-refractivity contribution in [3.05, 3.63) is 34.9 Å². The van der Waals surface area contributed by atoms with Crippen LogP contribution >= 0.6 is 0 Å². The molecule has 0 radical (unpaired) electrons. The summed E-state index contributed by atoms with van der Waals surface area (Å²) in [6.07, 6.45) is 1.29. The number of nitrogens with zero attached hydrogens (tertiary/aromatic N) is 3. The lowest BCUT2D eigenvalue weighted by molar-refractivity contribution is -0.736. The summed E-state index contributed by atoms with van der Waals surface area (Å²) in [5, 5.41) is 3.00. The highest BCUT2D eigenvalue weighted by atomic mass is 16.8. The quantitative estimate of drug-likeness (QED) is 0.813. The number of aromatic nitrogens is 2. The van der Waals surface area contributed by atoms with Gasteiger partial charge in [0, 0.05) is 11.8 Å². The predicted molar refractivity (Wildman–Crippen MR) is 77.8 cm³/mol. The van der Waals surface area contributed by atoms with Crippen LogP contribution < -0.4 is 15.8 Å². The SMILES string of the molecule is COc1cc(C)cc(Nc2ncc([N+](=O)OC)c(N)n2)c1. The van der Waals surface area contributed by atoms with E-state index in [0.29, 0.717) is 5.75 Å². The molecule has 0 saturated carbocycles. The van der Waals surface area contributed by atoms with E-state index in [1.54, 1.807) is 13.2 Å². The standard InChI is InChI=1S/C13H16N5O3/c1-8-4-9(6-10(5-8)20-2)16-13-15-7-11(12(14)17-13)18(19)21-3/h4-7H,1-3H3,(H3,14,15,16,17)/q+1. The van der Waals surface area contributed by atoms with Crippen molar-refractivity contribution in [2.75, 3.05) is 25.3 Å². The van der Waals surface area contributed by atoms with Gasteiger partial charge in [0.15, 0.2) is 7.11 Å². The molecule has 0 aliphatic heterocycles. The maximum Gasteiger partial charge on any atom is 0.376 e. The van der Waals surface area contributed by atoms with Gasteiger partial charge in [0.25, 0.3) is 4.92 Å². The molecular weight excluding hydrogens is 274 g/mol. The first-order valence-electron chi connectivity index (χ1n) is 6.10. The third-order valence-electron chi connectivity index (χ3n) is 2.70. The number of methoxy groups -OCH3 is 1. The fourth-order valence-electron chi connectivity index (χ4n) is 1.75. The number of hydrogen-bond acceptors (Lipinski definition) is 7. The first kappa shape index (κ1) is 14.5. The van der Waals surface area contributed by atoms with Gasteiger partial charge in [-0.2, -0.15) is 4.98 Å². The molecule has 0 aliphatic carbocycles. The maximum atomic E-state index is 11.3. The van der Waals surface area contributed by atoms with E-state index in [1.807, 2.05) is 19.1 Å². The topological polar surface area (TPSA) is 102 Å². The molecule has 1 aromatic carbocycles. The van der Waals surface area contributed by atoms with Crippen molar-refractivity contribution in [1.29, 1.82) is 0 Å². The zero-order valence-corrected chi connectivity index (χ0v) is 12.0. The van der Waals surface area contributed by atoms with E-state index in [0.717, 1.165) is 11.3 Å². The van der Waals surface area contributed by atoms with Crippen LogP contribution in [-0.2, 0) is 4.84 Å². The maximum absolute atomic E-state index is 11.3. The fraction of sp³-hybridized carbons (Fsp3) is 0.231. The first-order valence-corrected chi connectivity index (χ1v) is 6.10. The van der Waals surface area contributed by atoms with Gasteiger partial charge in [0.2, 0.25) is 11.8 Å². The molecular formula is C13H16N5O3+. The van der Waals surface area contributed by atoms with Crippen LogP contribution in [0.5, 0.6) is 5.75 Å². The van der Waals surface area contributed by atoms with Gasteiger partial charge >= 0.3 is 5.69 Å². The Labute approximate surface area is 121 Å². The minimum atomic E-state index is 0.0176. The number of ether oxygens (including phenoxy) is 1. The average molecular weight is 290 g/mol. The van der Waals surface area contributed by atoms with Crippen LogP contribution in [0.3, 0.4) is 0 Å². The Morgan fingerprint density at radius 2 is 2.05 bits per heavy atom. The van der Waals surface area contributed by atoms with Gasteiger partial charge < -0.3 is 15.8 Å². The summed E-state index contributed by atoms with van der Waals surface area (Å²) in [6.45, 7) is 1.94. The van der Waals surface area contributed by atoms with E-state index in [9.17, 15) is 4.91 Å². The van der Waals surface area contributed by atoms with E-state index in [4.69, 9.17) is 10.5 Å². The highest BCUT2D eigenvalue weighted by Crippen LogP contribution is 2.24. The fourth-order valence-corrected chi connectivity index (χ4v) is 1.75. The van der Waals surface area contributed by atoms with Crippen molar-refractivity contribution in [2.45, 2.75) is 6.92 Å². The number of anilines is 3. The van der Waals surface area contributed by atoms with Gasteiger partial charge in [0.05, 0.1) is 12.0 Å². The molecule has 8 heteroatoms. The summed E-state index contributed by atoms with van der Waals surface area (Å²) < 4.78 is 5.19. The third-order valence-corrected chi connectivity index (χ3v) is 2.70. The number of nitrogens with one attached hydrogen (secondary N) is 1. The molecule has 0 unspecified atom stereocenters. The molecule has 3 N–H and O–H groups in total. The van der Waals surface area contributed by atoms with Crippen LogP contribution in [0, 0.1) is 11.8 Å². The van der Waals surface area contributed by atoms with Crippen LogP contribution in [0.1, 0.15) is 5.56 Å². The van der Waals surface area contributed by atoms with Gasteiger partial charge in [0.1, 0.15) is 11.9 Å². The molecule has 0 aliphatic rings. The second-order valence-electron chi connectivity index (χ2n) is 4.27. The van der Waals surface area contributed by atoms with E-state index >= 15 is 0 Å². The van der Waals surface area contributed by atoms with Gasteiger partial charge in [-0.25, -0.2) is 9.82 Å². The van der Waals surface area contributed by atoms with Crippen molar-refractivity contribution in [1.82, 2.24) is 9.97 Å². The molecule has 8 nitrogen and oxygen atoms in total. The van der Waals surface area contributed by atoms with Gasteiger partial charge in [-0.05, 0) is 24.6 Å². The summed E-state index contributed by atoms with van der Waals surface area (Å²) >= 11 is 0. The van der Waals surface area contributed by atoms with Gasteiger partial charge in [-0.15, -0.1) is 0 Å². The normalized spacial score (nSPS) is 10.0. The second kappa shape index (κ2) is 6.04. The number of aryl methyl sites for hydroxylation is 1. The Balaban J connectivity index is 2.26. The molecule has 0 atom stereocenters. The van der Waals surface area contributed by atoms with Crippen molar-refractivity contribution >= 4 is 23.1 Å². The summed E-state index contributed by atoms with van der Waals surface area (Å²) in [5.74, 6) is 1.00. The van der Waals surface area contributed by atoms with E-state index in [2.05, 4.69) is 20.1 Å². The van der Waals surface area contributed by atoms with Crippen molar-refractivity contribution in [3.8, 4) is 5.75 Å². The third kappa shape index (κ3) is 3.35. The minimum absolute atomic E-state index is 0.0176. The smallest absolute Gasteiger partial charge is 0.376 e. The second-order valence-corrected chi connectivity index (χ2v) is 4.27.